The number of rotatable bonds is 35. The van der Waals surface area contributed by atoms with Crippen LogP contribution in [-0.4, -0.2) is 53.1 Å². The third-order valence-corrected chi connectivity index (χ3v) is 9.76. The second kappa shape index (κ2) is 33.3. The summed E-state index contributed by atoms with van der Waals surface area (Å²) in [5.74, 6) is -1.54. The second-order valence-electron chi connectivity index (χ2n) is 13.7. The lowest BCUT2D eigenvalue weighted by atomic mass is 10.0. The Kier molecular flexibility index (Phi) is 32.4. The van der Waals surface area contributed by atoms with E-state index in [9.17, 15) is 28.0 Å². The van der Waals surface area contributed by atoms with Crippen molar-refractivity contribution in [1.29, 1.82) is 0 Å². The number of aliphatic hydroxyl groups is 2. The van der Waals surface area contributed by atoms with E-state index in [0.717, 1.165) is 44.9 Å². The van der Waals surface area contributed by atoms with Crippen LogP contribution in [0.2, 0.25) is 0 Å². The van der Waals surface area contributed by atoms with Crippen LogP contribution in [0.1, 0.15) is 194 Å². The van der Waals surface area contributed by atoms with Gasteiger partial charge in [-0.3, -0.25) is 9.35 Å². The maximum atomic E-state index is 12.5. The van der Waals surface area contributed by atoms with Crippen molar-refractivity contribution in [2.45, 2.75) is 212 Å². The molecule has 0 saturated heterocycles. The lowest BCUT2D eigenvalue weighted by Crippen LogP contribution is -2.50. The lowest BCUT2D eigenvalue weighted by Gasteiger charge is -2.22. The molecule has 8 heteroatoms. The van der Waals surface area contributed by atoms with E-state index < -0.39 is 40.0 Å². The lowest BCUT2D eigenvalue weighted by molar-refractivity contribution is -0.130. The molecule has 4 N–H and O–H groups in total. The van der Waals surface area contributed by atoms with Crippen molar-refractivity contribution in [3.63, 3.8) is 0 Å². The van der Waals surface area contributed by atoms with Crippen LogP contribution in [0, 0.1) is 0 Å². The van der Waals surface area contributed by atoms with Gasteiger partial charge in [0.25, 0.3) is 10.1 Å². The molecular weight excluding hydrogens is 610 g/mol. The molecule has 0 aliphatic carbocycles. The molecule has 1 amide bonds. The maximum absolute atomic E-state index is 12.5. The number of unbranched alkanes of at least 4 members (excludes halogenated alkanes) is 24. The highest BCUT2D eigenvalue weighted by Crippen LogP contribution is 2.14. The van der Waals surface area contributed by atoms with Gasteiger partial charge < -0.3 is 15.5 Å². The van der Waals surface area contributed by atoms with E-state index in [0.29, 0.717) is 6.42 Å². The van der Waals surface area contributed by atoms with Crippen molar-refractivity contribution in [1.82, 2.24) is 5.32 Å². The molecule has 0 aromatic heterocycles. The zero-order valence-corrected chi connectivity index (χ0v) is 31.3. The molecule has 0 rings (SSSR count). The van der Waals surface area contributed by atoms with Crippen molar-refractivity contribution in [2.24, 2.45) is 0 Å². The molecule has 3 atom stereocenters. The van der Waals surface area contributed by atoms with Crippen molar-refractivity contribution >= 4 is 16.0 Å². The van der Waals surface area contributed by atoms with Gasteiger partial charge in [-0.15, -0.1) is 0 Å². The van der Waals surface area contributed by atoms with Crippen LogP contribution < -0.4 is 5.32 Å². The molecule has 0 aliphatic rings. The summed E-state index contributed by atoms with van der Waals surface area (Å²) in [5, 5.41) is 23.2. The van der Waals surface area contributed by atoms with Gasteiger partial charge in [-0.05, 0) is 44.9 Å². The third-order valence-electron chi connectivity index (χ3n) is 8.98. The molecule has 0 aromatic rings. The Morgan fingerprint density at radius 1 is 0.574 bits per heavy atom. The zero-order chi connectivity index (χ0) is 34.9. The Balaban J connectivity index is 3.91. The molecule has 0 bridgehead atoms. The van der Waals surface area contributed by atoms with E-state index in [1.165, 1.54) is 128 Å². The topological polar surface area (TPSA) is 124 Å². The summed E-state index contributed by atoms with van der Waals surface area (Å²) < 4.78 is 32.3. The molecule has 7 nitrogen and oxygen atoms in total. The van der Waals surface area contributed by atoms with E-state index in [4.69, 9.17) is 0 Å². The largest absolute Gasteiger partial charge is 0.387 e. The minimum absolute atomic E-state index is 0.274. The molecule has 0 fully saturated rings. The average Bonchev–Trinajstić information content (AvgIpc) is 3.03. The summed E-state index contributed by atoms with van der Waals surface area (Å²) in [7, 11) is -4.43. The Bertz CT molecular complexity index is 860. The molecule has 0 radical (unpaired) electrons. The number of carbonyl (C=O) groups excluding carboxylic acids is 1. The van der Waals surface area contributed by atoms with Crippen LogP contribution in [-0.2, 0) is 14.9 Å². The fourth-order valence-electron chi connectivity index (χ4n) is 5.92. The minimum atomic E-state index is -4.43. The van der Waals surface area contributed by atoms with Crippen molar-refractivity contribution in [3.8, 4) is 0 Å². The number of aliphatic hydroxyl groups excluding tert-OH is 2. The van der Waals surface area contributed by atoms with Crippen molar-refractivity contribution in [3.05, 3.63) is 24.3 Å². The fraction of sp³-hybridized carbons (Fsp3) is 0.872. The van der Waals surface area contributed by atoms with Crippen LogP contribution in [0.4, 0.5) is 0 Å². The number of amides is 1. The smallest absolute Gasteiger partial charge is 0.267 e. The highest BCUT2D eigenvalue weighted by Gasteiger charge is 2.27. The Labute approximate surface area is 290 Å². The van der Waals surface area contributed by atoms with Crippen LogP contribution in [0.15, 0.2) is 24.3 Å². The van der Waals surface area contributed by atoms with Gasteiger partial charge in [0.2, 0.25) is 5.91 Å². The molecule has 0 spiro atoms. The first-order chi connectivity index (χ1) is 22.7. The molecule has 3 unspecified atom stereocenters. The first kappa shape index (κ1) is 45.8. The Morgan fingerprint density at radius 3 is 1.34 bits per heavy atom. The van der Waals surface area contributed by atoms with Gasteiger partial charge in [0.1, 0.15) is 6.10 Å². The van der Waals surface area contributed by atoms with Gasteiger partial charge in [-0.2, -0.15) is 8.42 Å². The summed E-state index contributed by atoms with van der Waals surface area (Å²) in [5.41, 5.74) is 0. The van der Waals surface area contributed by atoms with Gasteiger partial charge in [0.05, 0.1) is 17.9 Å². The van der Waals surface area contributed by atoms with Crippen LogP contribution in [0.5, 0.6) is 0 Å². The Hall–Kier alpha value is -1.22. The van der Waals surface area contributed by atoms with Gasteiger partial charge in [0, 0.05) is 0 Å². The second-order valence-corrected chi connectivity index (χ2v) is 15.2. The number of allylic oxidation sites excluding steroid dienone is 3. The maximum Gasteiger partial charge on any atom is 0.267 e. The molecular formula is C39H75NO6S. The van der Waals surface area contributed by atoms with E-state index in [2.05, 4.69) is 31.3 Å². The highest BCUT2D eigenvalue weighted by molar-refractivity contribution is 7.85. The Morgan fingerprint density at radius 2 is 0.936 bits per heavy atom. The number of nitrogens with one attached hydrogen (secondary N) is 1. The quantitative estimate of drug-likeness (QED) is 0.0299. The van der Waals surface area contributed by atoms with Crippen LogP contribution in [0.25, 0.3) is 0 Å². The predicted molar refractivity (Wildman–Crippen MR) is 199 cm³/mol. The molecule has 0 aliphatic heterocycles. The van der Waals surface area contributed by atoms with Gasteiger partial charge in [0.15, 0.2) is 0 Å². The van der Waals surface area contributed by atoms with Gasteiger partial charge in [-0.25, -0.2) is 0 Å². The zero-order valence-electron chi connectivity index (χ0n) is 30.5. The average molecular weight is 686 g/mol. The SMILES string of the molecule is CCCCCCCC/C=C/C(O)C(CS(=O)(=O)O)NC(=O)C(O)CCCCCCCC/C=C\CCCCCCCCCCCCCC. The standard InChI is InChI=1S/C39H75NO6S/c1-3-5-7-9-11-13-14-15-16-17-18-19-20-21-22-23-24-25-26-28-30-32-34-38(42)39(43)40-36(35-47(44,45)46)37(41)33-31-29-27-12-10-8-6-4-2/h21-22,31,33,36-38,41-42H,3-20,23-30,32,34-35H2,1-2H3,(H,40,43)(H,44,45,46)/b22-21-,33-31+. The van der Waals surface area contributed by atoms with E-state index in [1.54, 1.807) is 6.08 Å². The van der Waals surface area contributed by atoms with E-state index in [1.807, 2.05) is 0 Å². The molecule has 0 aromatic carbocycles. The first-order valence-electron chi connectivity index (χ1n) is 19.6. The number of carbonyl (C=O) groups is 1. The van der Waals surface area contributed by atoms with E-state index in [-0.39, 0.29) is 6.42 Å². The van der Waals surface area contributed by atoms with Gasteiger partial charge in [-0.1, -0.05) is 173 Å². The first-order valence-corrected chi connectivity index (χ1v) is 21.3. The van der Waals surface area contributed by atoms with Crippen molar-refractivity contribution < 1.29 is 28.0 Å². The summed E-state index contributed by atoms with van der Waals surface area (Å²) in [6.45, 7) is 4.45. The summed E-state index contributed by atoms with van der Waals surface area (Å²) in [4.78, 5) is 12.5. The van der Waals surface area contributed by atoms with Crippen LogP contribution >= 0.6 is 0 Å². The highest BCUT2D eigenvalue weighted by atomic mass is 32.2. The monoisotopic (exact) mass is 686 g/mol. The van der Waals surface area contributed by atoms with Gasteiger partial charge >= 0.3 is 0 Å². The van der Waals surface area contributed by atoms with Crippen molar-refractivity contribution in [2.75, 3.05) is 5.75 Å². The minimum Gasteiger partial charge on any atom is -0.387 e. The molecule has 47 heavy (non-hydrogen) atoms. The molecule has 0 saturated carbocycles. The number of hydrogen-bond donors (Lipinski definition) is 4. The fourth-order valence-corrected chi connectivity index (χ4v) is 6.66. The molecule has 278 valence electrons. The molecule has 0 heterocycles. The summed E-state index contributed by atoms with van der Waals surface area (Å²) >= 11 is 0. The van der Waals surface area contributed by atoms with Crippen LogP contribution in [0.3, 0.4) is 0 Å². The summed E-state index contributed by atoms with van der Waals surface area (Å²) in [6.07, 6.45) is 38.3. The number of hydrogen-bond acceptors (Lipinski definition) is 5. The predicted octanol–water partition coefficient (Wildman–Crippen LogP) is 10.2. The summed E-state index contributed by atoms with van der Waals surface area (Å²) in [6, 6.07) is -1.23. The normalized spacial score (nSPS) is 14.2. The van der Waals surface area contributed by atoms with E-state index >= 15 is 0 Å². The third kappa shape index (κ3) is 33.1.